The van der Waals surface area contributed by atoms with E-state index in [0.29, 0.717) is 10.7 Å². The molecule has 0 radical (unpaired) electrons. The molecule has 0 fully saturated rings. The molecule has 0 saturated heterocycles. The summed E-state index contributed by atoms with van der Waals surface area (Å²) in [6.07, 6.45) is 0. The average Bonchev–Trinajstić information content (AvgIpc) is 2.33. The number of esters is 1. The molecule has 0 aliphatic carbocycles. The summed E-state index contributed by atoms with van der Waals surface area (Å²) in [7, 11) is 0. The van der Waals surface area contributed by atoms with Crippen molar-refractivity contribution in [3.05, 3.63) is 29.3 Å². The highest BCUT2D eigenvalue weighted by Crippen LogP contribution is 2.20. The van der Waals surface area contributed by atoms with Gasteiger partial charge in [-0.25, -0.2) is 0 Å². The third-order valence-corrected chi connectivity index (χ3v) is 2.54. The lowest BCUT2D eigenvalue weighted by molar-refractivity contribution is -0.153. The van der Waals surface area contributed by atoms with Gasteiger partial charge in [-0.05, 0) is 39.0 Å². The molecule has 0 atom stereocenters. The fourth-order valence-corrected chi connectivity index (χ4v) is 1.77. The van der Waals surface area contributed by atoms with Crippen LogP contribution in [-0.4, -0.2) is 30.6 Å². The summed E-state index contributed by atoms with van der Waals surface area (Å²) in [5.74, 6) is -0.877. The zero-order valence-electron chi connectivity index (χ0n) is 11.9. The van der Waals surface area contributed by atoms with E-state index in [2.05, 4.69) is 0 Å². The molecular formula is C14H19ClN2O3. The molecule has 20 heavy (non-hydrogen) atoms. The number of rotatable bonds is 4. The first-order valence-corrected chi connectivity index (χ1v) is 6.58. The Labute approximate surface area is 123 Å². The van der Waals surface area contributed by atoms with Gasteiger partial charge in [0.1, 0.15) is 12.1 Å². The van der Waals surface area contributed by atoms with Crippen LogP contribution < -0.4 is 10.6 Å². The number of nitrogens with zero attached hydrogens (tertiary/aromatic N) is 1. The van der Waals surface area contributed by atoms with Crippen molar-refractivity contribution < 1.29 is 14.3 Å². The van der Waals surface area contributed by atoms with E-state index in [1.165, 1.54) is 4.90 Å². The van der Waals surface area contributed by atoms with Crippen molar-refractivity contribution in [2.75, 3.05) is 18.0 Å². The second-order valence-corrected chi connectivity index (χ2v) is 5.69. The second kappa shape index (κ2) is 6.72. The average molecular weight is 299 g/mol. The Morgan fingerprint density at radius 2 is 2.00 bits per heavy atom. The number of hydrogen-bond acceptors (Lipinski definition) is 4. The van der Waals surface area contributed by atoms with E-state index in [1.807, 2.05) is 0 Å². The van der Waals surface area contributed by atoms with Crippen LogP contribution in [0.1, 0.15) is 20.8 Å². The summed E-state index contributed by atoms with van der Waals surface area (Å²) in [5.41, 5.74) is 5.28. The first kappa shape index (κ1) is 16.5. The summed E-state index contributed by atoms with van der Waals surface area (Å²) in [6, 6.07) is 6.66. The molecule has 0 saturated carbocycles. The normalized spacial score (nSPS) is 11.1. The van der Waals surface area contributed by atoms with Gasteiger partial charge in [-0.1, -0.05) is 17.7 Å². The van der Waals surface area contributed by atoms with Crippen molar-refractivity contribution in [1.29, 1.82) is 0 Å². The van der Waals surface area contributed by atoms with E-state index >= 15 is 0 Å². The number of amides is 1. The Bertz CT molecular complexity index is 497. The predicted molar refractivity (Wildman–Crippen MR) is 78.7 cm³/mol. The summed E-state index contributed by atoms with van der Waals surface area (Å²) in [5, 5.41) is 0.474. The predicted octanol–water partition coefficient (Wildman–Crippen LogP) is 1.97. The number of carbonyl (C=O) groups excluding carboxylic acids is 2. The minimum absolute atomic E-state index is 0.199. The summed E-state index contributed by atoms with van der Waals surface area (Å²) >= 11 is 5.89. The molecule has 2 N–H and O–H groups in total. The molecule has 1 amide bonds. The first-order valence-electron chi connectivity index (χ1n) is 6.21. The van der Waals surface area contributed by atoms with Gasteiger partial charge in [0.05, 0.1) is 6.54 Å². The molecule has 6 heteroatoms. The van der Waals surface area contributed by atoms with Gasteiger partial charge in [0.2, 0.25) is 5.91 Å². The van der Waals surface area contributed by atoms with E-state index in [9.17, 15) is 9.59 Å². The quantitative estimate of drug-likeness (QED) is 0.863. The maximum atomic E-state index is 11.9. The SMILES string of the molecule is CC(C)(C)OC(=O)CN(C(=O)CN)c1cccc(Cl)c1. The summed E-state index contributed by atoms with van der Waals surface area (Å²) < 4.78 is 5.21. The Morgan fingerprint density at radius 3 is 2.50 bits per heavy atom. The molecule has 0 aromatic heterocycles. The number of benzene rings is 1. The molecule has 1 aromatic carbocycles. The van der Waals surface area contributed by atoms with Crippen LogP contribution >= 0.6 is 11.6 Å². The van der Waals surface area contributed by atoms with E-state index < -0.39 is 11.6 Å². The largest absolute Gasteiger partial charge is 0.459 e. The minimum atomic E-state index is -0.608. The molecule has 5 nitrogen and oxygen atoms in total. The molecule has 0 heterocycles. The summed E-state index contributed by atoms with van der Waals surface area (Å²) in [4.78, 5) is 25.0. The van der Waals surface area contributed by atoms with Crippen molar-refractivity contribution in [2.45, 2.75) is 26.4 Å². The third kappa shape index (κ3) is 5.19. The van der Waals surface area contributed by atoms with E-state index in [0.717, 1.165) is 0 Å². The van der Waals surface area contributed by atoms with Crippen LogP contribution in [0.5, 0.6) is 0 Å². The van der Waals surface area contributed by atoms with Crippen molar-refractivity contribution in [1.82, 2.24) is 0 Å². The molecule has 0 spiro atoms. The highest BCUT2D eigenvalue weighted by atomic mass is 35.5. The van der Waals surface area contributed by atoms with Crippen LogP contribution in [0.15, 0.2) is 24.3 Å². The molecule has 1 aromatic rings. The van der Waals surface area contributed by atoms with Crippen LogP contribution in [-0.2, 0) is 14.3 Å². The van der Waals surface area contributed by atoms with Gasteiger partial charge < -0.3 is 15.4 Å². The molecule has 0 unspecified atom stereocenters. The van der Waals surface area contributed by atoms with Crippen LogP contribution in [0.25, 0.3) is 0 Å². The van der Waals surface area contributed by atoms with Crippen LogP contribution in [0.4, 0.5) is 5.69 Å². The lowest BCUT2D eigenvalue weighted by Gasteiger charge is -2.25. The molecule has 0 aliphatic rings. The van der Waals surface area contributed by atoms with Crippen LogP contribution in [0, 0.1) is 0 Å². The molecule has 0 aliphatic heterocycles. The zero-order valence-corrected chi connectivity index (χ0v) is 12.6. The number of nitrogens with two attached hydrogens (primary N) is 1. The Balaban J connectivity index is 2.91. The molecule has 0 bridgehead atoms. The third-order valence-electron chi connectivity index (χ3n) is 2.30. The van der Waals surface area contributed by atoms with Crippen LogP contribution in [0.3, 0.4) is 0 Å². The Kier molecular flexibility index (Phi) is 5.53. The maximum Gasteiger partial charge on any atom is 0.326 e. The van der Waals surface area contributed by atoms with Gasteiger partial charge in [0, 0.05) is 10.7 Å². The van der Waals surface area contributed by atoms with Crippen molar-refractivity contribution in [3.8, 4) is 0 Å². The lowest BCUT2D eigenvalue weighted by Crippen LogP contribution is -2.41. The lowest BCUT2D eigenvalue weighted by atomic mass is 10.2. The van der Waals surface area contributed by atoms with Crippen molar-refractivity contribution in [2.24, 2.45) is 5.73 Å². The van der Waals surface area contributed by atoms with Gasteiger partial charge in [0.25, 0.3) is 0 Å². The summed E-state index contributed by atoms with van der Waals surface area (Å²) in [6.45, 7) is 4.89. The van der Waals surface area contributed by atoms with E-state index in [1.54, 1.807) is 45.0 Å². The Hall–Kier alpha value is -1.59. The highest BCUT2D eigenvalue weighted by Gasteiger charge is 2.22. The number of hydrogen-bond donors (Lipinski definition) is 1. The van der Waals surface area contributed by atoms with E-state index in [4.69, 9.17) is 22.1 Å². The zero-order chi connectivity index (χ0) is 15.3. The van der Waals surface area contributed by atoms with Gasteiger partial charge in [-0.15, -0.1) is 0 Å². The maximum absolute atomic E-state index is 11.9. The highest BCUT2D eigenvalue weighted by molar-refractivity contribution is 6.30. The van der Waals surface area contributed by atoms with Crippen molar-refractivity contribution in [3.63, 3.8) is 0 Å². The monoisotopic (exact) mass is 298 g/mol. The van der Waals surface area contributed by atoms with Gasteiger partial charge in [-0.2, -0.15) is 0 Å². The van der Waals surface area contributed by atoms with Gasteiger partial charge in [-0.3, -0.25) is 9.59 Å². The van der Waals surface area contributed by atoms with Crippen molar-refractivity contribution >= 4 is 29.2 Å². The van der Waals surface area contributed by atoms with E-state index in [-0.39, 0.29) is 19.0 Å². The molecule has 110 valence electrons. The van der Waals surface area contributed by atoms with Gasteiger partial charge in [0.15, 0.2) is 0 Å². The number of halogens is 1. The number of anilines is 1. The Morgan fingerprint density at radius 1 is 1.35 bits per heavy atom. The second-order valence-electron chi connectivity index (χ2n) is 5.25. The number of ether oxygens (including phenoxy) is 1. The minimum Gasteiger partial charge on any atom is -0.459 e. The first-order chi connectivity index (χ1) is 9.23. The van der Waals surface area contributed by atoms with Gasteiger partial charge >= 0.3 is 5.97 Å². The topological polar surface area (TPSA) is 72.6 Å². The standard InChI is InChI=1S/C14H19ClN2O3/c1-14(2,3)20-13(19)9-17(12(18)8-16)11-6-4-5-10(15)7-11/h4-7H,8-9,16H2,1-3H3. The molecule has 1 rings (SSSR count). The molecular weight excluding hydrogens is 280 g/mol. The fourth-order valence-electron chi connectivity index (χ4n) is 1.58. The fraction of sp³-hybridized carbons (Fsp3) is 0.429. The number of carbonyl (C=O) groups is 2. The smallest absolute Gasteiger partial charge is 0.326 e. The van der Waals surface area contributed by atoms with Crippen LogP contribution in [0.2, 0.25) is 5.02 Å².